The van der Waals surface area contributed by atoms with Crippen LogP contribution < -0.4 is 5.48 Å². The van der Waals surface area contributed by atoms with Crippen molar-refractivity contribution in [3.05, 3.63) is 12.2 Å². The quantitative estimate of drug-likeness (QED) is 0.336. The van der Waals surface area contributed by atoms with E-state index in [0.717, 1.165) is 12.1 Å². The third-order valence-electron chi connectivity index (χ3n) is 0.565. The molecule has 0 spiro atoms. The van der Waals surface area contributed by atoms with Gasteiger partial charge in [0.15, 0.2) is 0 Å². The summed E-state index contributed by atoms with van der Waals surface area (Å²) in [5, 5.41) is 0. The molecule has 0 aliphatic rings. The second kappa shape index (κ2) is 4.81. The van der Waals surface area contributed by atoms with Crippen molar-refractivity contribution in [2.45, 2.75) is 13.8 Å². The Bertz CT molecular complexity index is 70.9. The highest BCUT2D eigenvalue weighted by Crippen LogP contribution is 1.83. The van der Waals surface area contributed by atoms with Crippen LogP contribution in [-0.2, 0) is 4.84 Å². The molecule has 0 rings (SSSR count). The van der Waals surface area contributed by atoms with Crippen molar-refractivity contribution in [2.75, 3.05) is 13.2 Å². The van der Waals surface area contributed by atoms with Crippen molar-refractivity contribution in [1.82, 2.24) is 5.48 Å². The highest BCUT2D eigenvalue weighted by Gasteiger charge is 1.81. The predicted octanol–water partition coefficient (Wildman–Crippen LogP) is 1.10. The van der Waals surface area contributed by atoms with Crippen LogP contribution in [0.2, 0.25) is 0 Å². The van der Waals surface area contributed by atoms with Gasteiger partial charge < -0.3 is 0 Å². The summed E-state index contributed by atoms with van der Waals surface area (Å²) in [5.74, 6) is 0. The maximum Gasteiger partial charge on any atom is 0.0887 e. The molecule has 0 atom stereocenters. The molecule has 0 saturated heterocycles. The first-order valence-corrected chi connectivity index (χ1v) is 2.76. The van der Waals surface area contributed by atoms with Gasteiger partial charge in [-0.05, 0) is 6.92 Å². The third-order valence-corrected chi connectivity index (χ3v) is 0.565. The van der Waals surface area contributed by atoms with Crippen molar-refractivity contribution in [2.24, 2.45) is 0 Å². The van der Waals surface area contributed by atoms with Crippen LogP contribution in [0.3, 0.4) is 0 Å². The number of hydrogen-bond acceptors (Lipinski definition) is 2. The van der Waals surface area contributed by atoms with Crippen LogP contribution in [0.25, 0.3) is 0 Å². The number of hydroxylamine groups is 1. The fraction of sp³-hybridized carbons (Fsp3) is 0.667. The molecule has 2 heteroatoms. The summed E-state index contributed by atoms with van der Waals surface area (Å²) in [6.07, 6.45) is 0. The van der Waals surface area contributed by atoms with Crippen LogP contribution in [-0.4, -0.2) is 13.2 Å². The van der Waals surface area contributed by atoms with Crippen molar-refractivity contribution >= 4 is 0 Å². The van der Waals surface area contributed by atoms with Crippen LogP contribution in [0, 0.1) is 0 Å². The summed E-state index contributed by atoms with van der Waals surface area (Å²) < 4.78 is 0. The molecule has 0 aromatic rings. The minimum atomic E-state index is 0.605. The van der Waals surface area contributed by atoms with E-state index in [9.17, 15) is 0 Å². The van der Waals surface area contributed by atoms with E-state index in [0.29, 0.717) is 6.61 Å². The van der Waals surface area contributed by atoms with Gasteiger partial charge in [0.1, 0.15) is 0 Å². The average molecular weight is 115 g/mol. The van der Waals surface area contributed by atoms with Crippen LogP contribution >= 0.6 is 0 Å². The SMILES string of the molecule is C=C(C)CONCC. The molecule has 2 nitrogen and oxygen atoms in total. The van der Waals surface area contributed by atoms with E-state index in [2.05, 4.69) is 12.1 Å². The van der Waals surface area contributed by atoms with Gasteiger partial charge >= 0.3 is 0 Å². The first-order chi connectivity index (χ1) is 3.77. The summed E-state index contributed by atoms with van der Waals surface area (Å²) in [6.45, 7) is 9.02. The van der Waals surface area contributed by atoms with Crippen LogP contribution in [0.1, 0.15) is 13.8 Å². The van der Waals surface area contributed by atoms with E-state index >= 15 is 0 Å². The summed E-state index contributed by atoms with van der Waals surface area (Å²) in [7, 11) is 0. The minimum Gasteiger partial charge on any atom is -0.297 e. The molecule has 0 amide bonds. The normalized spacial score (nSPS) is 9.25. The predicted molar refractivity (Wildman–Crippen MR) is 34.4 cm³/mol. The molecule has 0 aromatic heterocycles. The van der Waals surface area contributed by atoms with Gasteiger partial charge in [0, 0.05) is 6.54 Å². The average Bonchev–Trinajstić information content (AvgIpc) is 1.66. The maximum absolute atomic E-state index is 4.89. The molecule has 0 unspecified atom stereocenters. The monoisotopic (exact) mass is 115 g/mol. The Balaban J connectivity index is 2.82. The van der Waals surface area contributed by atoms with E-state index in [1.807, 2.05) is 13.8 Å². The summed E-state index contributed by atoms with van der Waals surface area (Å²) in [6, 6.07) is 0. The van der Waals surface area contributed by atoms with Gasteiger partial charge in [-0.3, -0.25) is 4.84 Å². The molecule has 0 aromatic carbocycles. The van der Waals surface area contributed by atoms with Gasteiger partial charge in [-0.25, -0.2) is 5.48 Å². The first-order valence-electron chi connectivity index (χ1n) is 2.76. The summed E-state index contributed by atoms with van der Waals surface area (Å²) in [4.78, 5) is 4.89. The summed E-state index contributed by atoms with van der Waals surface area (Å²) in [5.41, 5.74) is 3.75. The van der Waals surface area contributed by atoms with E-state index < -0.39 is 0 Å². The third kappa shape index (κ3) is 5.66. The molecule has 0 fully saturated rings. The number of nitrogens with one attached hydrogen (secondary N) is 1. The van der Waals surface area contributed by atoms with E-state index in [1.165, 1.54) is 0 Å². The fourth-order valence-electron chi connectivity index (χ4n) is 0.276. The Kier molecular flexibility index (Phi) is 4.61. The fourth-order valence-corrected chi connectivity index (χ4v) is 0.276. The molecular weight excluding hydrogens is 102 g/mol. The molecule has 0 bridgehead atoms. The Morgan fingerprint density at radius 3 is 2.75 bits per heavy atom. The Morgan fingerprint density at radius 1 is 1.75 bits per heavy atom. The smallest absolute Gasteiger partial charge is 0.0887 e. The molecule has 0 radical (unpaired) electrons. The Labute approximate surface area is 50.5 Å². The van der Waals surface area contributed by atoms with E-state index in [4.69, 9.17) is 4.84 Å². The lowest BCUT2D eigenvalue weighted by Gasteiger charge is -2.00. The van der Waals surface area contributed by atoms with Gasteiger partial charge in [0.05, 0.1) is 6.61 Å². The van der Waals surface area contributed by atoms with Gasteiger partial charge in [0.25, 0.3) is 0 Å². The van der Waals surface area contributed by atoms with Gasteiger partial charge in [0.2, 0.25) is 0 Å². The second-order valence-corrected chi connectivity index (χ2v) is 1.74. The topological polar surface area (TPSA) is 21.3 Å². The zero-order chi connectivity index (χ0) is 6.41. The maximum atomic E-state index is 4.89. The zero-order valence-electron chi connectivity index (χ0n) is 5.53. The Morgan fingerprint density at radius 2 is 2.38 bits per heavy atom. The van der Waals surface area contributed by atoms with Gasteiger partial charge in [-0.15, -0.1) is 0 Å². The standard InChI is InChI=1S/C6H13NO/c1-4-7-8-5-6(2)3/h7H,2,4-5H2,1,3H3. The molecular formula is C6H13NO. The lowest BCUT2D eigenvalue weighted by molar-refractivity contribution is 0.0619. The van der Waals surface area contributed by atoms with E-state index in [-0.39, 0.29) is 0 Å². The lowest BCUT2D eigenvalue weighted by atomic mass is 10.4. The van der Waals surface area contributed by atoms with Crippen LogP contribution in [0.4, 0.5) is 0 Å². The van der Waals surface area contributed by atoms with Crippen LogP contribution in [0.5, 0.6) is 0 Å². The van der Waals surface area contributed by atoms with Crippen molar-refractivity contribution < 1.29 is 4.84 Å². The molecule has 0 aliphatic carbocycles. The van der Waals surface area contributed by atoms with Crippen LogP contribution in [0.15, 0.2) is 12.2 Å². The van der Waals surface area contributed by atoms with Crippen molar-refractivity contribution in [1.29, 1.82) is 0 Å². The summed E-state index contributed by atoms with van der Waals surface area (Å²) >= 11 is 0. The number of rotatable bonds is 4. The molecule has 0 aliphatic heterocycles. The minimum absolute atomic E-state index is 0.605. The van der Waals surface area contributed by atoms with Gasteiger partial charge in [-0.2, -0.15) is 0 Å². The highest BCUT2D eigenvalue weighted by atomic mass is 16.6. The first kappa shape index (κ1) is 7.66. The molecule has 0 saturated carbocycles. The molecule has 48 valence electrons. The second-order valence-electron chi connectivity index (χ2n) is 1.74. The largest absolute Gasteiger partial charge is 0.297 e. The van der Waals surface area contributed by atoms with Crippen molar-refractivity contribution in [3.8, 4) is 0 Å². The molecule has 1 N–H and O–H groups in total. The van der Waals surface area contributed by atoms with Crippen molar-refractivity contribution in [3.63, 3.8) is 0 Å². The molecule has 8 heavy (non-hydrogen) atoms. The Hall–Kier alpha value is -0.340. The van der Waals surface area contributed by atoms with E-state index in [1.54, 1.807) is 0 Å². The zero-order valence-corrected chi connectivity index (χ0v) is 5.53. The lowest BCUT2D eigenvalue weighted by Crippen LogP contribution is -2.14. The molecule has 0 heterocycles. The van der Waals surface area contributed by atoms with Gasteiger partial charge in [-0.1, -0.05) is 19.1 Å². The number of hydrogen-bond donors (Lipinski definition) is 1. The highest BCUT2D eigenvalue weighted by molar-refractivity contribution is 4.86.